The second-order valence-corrected chi connectivity index (χ2v) is 3.38. The summed E-state index contributed by atoms with van der Waals surface area (Å²) in [5, 5.41) is 9.00. The van der Waals surface area contributed by atoms with Crippen molar-refractivity contribution in [2.24, 2.45) is 5.92 Å². The van der Waals surface area contributed by atoms with Crippen molar-refractivity contribution >= 4 is 5.97 Å². The van der Waals surface area contributed by atoms with E-state index in [9.17, 15) is 4.79 Å². The fourth-order valence-corrected chi connectivity index (χ4v) is 1.42. The van der Waals surface area contributed by atoms with Crippen LogP contribution in [0.3, 0.4) is 0 Å². The van der Waals surface area contributed by atoms with Gasteiger partial charge >= 0.3 is 5.97 Å². The molecule has 0 aliphatic carbocycles. The lowest BCUT2D eigenvalue weighted by Gasteiger charge is -2.34. The molecular formula is C9H14O3. The molecule has 0 aromatic rings. The normalized spacial score (nSPS) is 28.6. The molecule has 1 N–H and O–H groups in total. The minimum atomic E-state index is -0.991. The van der Waals surface area contributed by atoms with Crippen molar-refractivity contribution in [1.82, 2.24) is 0 Å². The minimum absolute atomic E-state index is 0.0000463. The fraction of sp³-hybridized carbons (Fsp3) is 0.667. The quantitative estimate of drug-likeness (QED) is 0.687. The summed E-state index contributed by atoms with van der Waals surface area (Å²) in [6, 6.07) is 0. The van der Waals surface area contributed by atoms with Gasteiger partial charge in [-0.2, -0.15) is 0 Å². The Morgan fingerprint density at radius 2 is 2.33 bits per heavy atom. The van der Waals surface area contributed by atoms with Crippen molar-refractivity contribution in [3.63, 3.8) is 0 Å². The van der Waals surface area contributed by atoms with Crippen LogP contribution in [0.4, 0.5) is 0 Å². The molecule has 0 saturated heterocycles. The van der Waals surface area contributed by atoms with Gasteiger partial charge in [-0.25, -0.2) is 4.79 Å². The molecule has 3 heteroatoms. The SMILES string of the molecule is CC(C)C1(C(=O)O)CCC=CO1. The summed E-state index contributed by atoms with van der Waals surface area (Å²) in [4.78, 5) is 11.0. The molecule has 0 radical (unpaired) electrons. The Labute approximate surface area is 72.0 Å². The molecule has 0 bridgehead atoms. The lowest BCUT2D eigenvalue weighted by Crippen LogP contribution is -2.46. The predicted octanol–water partition coefficient (Wildman–Crippen LogP) is 1.79. The zero-order valence-electron chi connectivity index (χ0n) is 7.41. The van der Waals surface area contributed by atoms with Crippen LogP contribution in [0.5, 0.6) is 0 Å². The number of carbonyl (C=O) groups is 1. The molecule has 68 valence electrons. The summed E-state index contributed by atoms with van der Waals surface area (Å²) >= 11 is 0. The third kappa shape index (κ3) is 1.31. The van der Waals surface area contributed by atoms with E-state index in [2.05, 4.69) is 0 Å². The number of hydrogen-bond acceptors (Lipinski definition) is 2. The van der Waals surface area contributed by atoms with Crippen LogP contribution in [0, 0.1) is 5.92 Å². The summed E-state index contributed by atoms with van der Waals surface area (Å²) in [5.41, 5.74) is -0.991. The lowest BCUT2D eigenvalue weighted by atomic mass is 9.85. The van der Waals surface area contributed by atoms with E-state index in [0.29, 0.717) is 6.42 Å². The number of allylic oxidation sites excluding steroid dienone is 1. The molecule has 0 amide bonds. The third-order valence-electron chi connectivity index (χ3n) is 2.35. The molecule has 0 aromatic carbocycles. The van der Waals surface area contributed by atoms with E-state index >= 15 is 0 Å². The van der Waals surface area contributed by atoms with E-state index in [4.69, 9.17) is 9.84 Å². The van der Waals surface area contributed by atoms with Crippen molar-refractivity contribution < 1.29 is 14.6 Å². The van der Waals surface area contributed by atoms with E-state index in [1.54, 1.807) is 0 Å². The van der Waals surface area contributed by atoms with E-state index in [-0.39, 0.29) is 5.92 Å². The molecule has 1 rings (SSSR count). The van der Waals surface area contributed by atoms with Crippen molar-refractivity contribution in [2.75, 3.05) is 0 Å². The second-order valence-electron chi connectivity index (χ2n) is 3.38. The topological polar surface area (TPSA) is 46.5 Å². The lowest BCUT2D eigenvalue weighted by molar-refractivity contribution is -0.166. The molecule has 1 atom stereocenters. The molecule has 12 heavy (non-hydrogen) atoms. The van der Waals surface area contributed by atoms with E-state index in [1.807, 2.05) is 19.9 Å². The monoisotopic (exact) mass is 170 g/mol. The van der Waals surface area contributed by atoms with Gasteiger partial charge in [0.05, 0.1) is 6.26 Å². The van der Waals surface area contributed by atoms with Crippen molar-refractivity contribution in [3.05, 3.63) is 12.3 Å². The molecule has 1 aliphatic heterocycles. The average Bonchev–Trinajstić information content (AvgIpc) is 2.05. The Balaban J connectivity index is 2.86. The molecule has 0 fully saturated rings. The summed E-state index contributed by atoms with van der Waals surface area (Å²) in [7, 11) is 0. The maximum Gasteiger partial charge on any atom is 0.348 e. The van der Waals surface area contributed by atoms with Gasteiger partial charge in [0.1, 0.15) is 0 Å². The van der Waals surface area contributed by atoms with Crippen LogP contribution >= 0.6 is 0 Å². The van der Waals surface area contributed by atoms with E-state index in [1.165, 1.54) is 6.26 Å². The van der Waals surface area contributed by atoms with Crippen LogP contribution in [-0.4, -0.2) is 16.7 Å². The molecule has 0 aromatic heterocycles. The minimum Gasteiger partial charge on any atom is -0.483 e. The zero-order chi connectivity index (χ0) is 9.19. The smallest absolute Gasteiger partial charge is 0.348 e. The Kier molecular flexibility index (Phi) is 2.40. The Morgan fingerprint density at radius 3 is 2.58 bits per heavy atom. The van der Waals surface area contributed by atoms with Gasteiger partial charge in [-0.05, 0) is 12.5 Å². The number of aliphatic carboxylic acids is 1. The van der Waals surface area contributed by atoms with Crippen LogP contribution in [0.1, 0.15) is 26.7 Å². The summed E-state index contributed by atoms with van der Waals surface area (Å²) in [6.07, 6.45) is 4.70. The largest absolute Gasteiger partial charge is 0.483 e. The highest BCUT2D eigenvalue weighted by Crippen LogP contribution is 2.31. The summed E-state index contributed by atoms with van der Waals surface area (Å²) < 4.78 is 5.21. The van der Waals surface area contributed by atoms with Crippen LogP contribution in [0.15, 0.2) is 12.3 Å². The molecule has 0 spiro atoms. The first-order chi connectivity index (χ1) is 5.59. The Morgan fingerprint density at radius 1 is 1.67 bits per heavy atom. The number of rotatable bonds is 2. The Bertz CT molecular complexity index is 208. The maximum absolute atomic E-state index is 11.0. The molecule has 1 heterocycles. The molecule has 3 nitrogen and oxygen atoms in total. The van der Waals surface area contributed by atoms with Gasteiger partial charge in [0.2, 0.25) is 5.60 Å². The van der Waals surface area contributed by atoms with Gasteiger partial charge in [-0.3, -0.25) is 0 Å². The predicted molar refractivity (Wildman–Crippen MR) is 44.7 cm³/mol. The van der Waals surface area contributed by atoms with Crippen molar-refractivity contribution in [3.8, 4) is 0 Å². The summed E-state index contributed by atoms with van der Waals surface area (Å²) in [6.45, 7) is 3.74. The number of carboxylic acids is 1. The second kappa shape index (κ2) is 3.17. The van der Waals surface area contributed by atoms with Crippen LogP contribution in [0.25, 0.3) is 0 Å². The van der Waals surface area contributed by atoms with Crippen LogP contribution < -0.4 is 0 Å². The van der Waals surface area contributed by atoms with Gasteiger partial charge in [0, 0.05) is 12.3 Å². The summed E-state index contributed by atoms with van der Waals surface area (Å²) in [5.74, 6) is -0.859. The van der Waals surface area contributed by atoms with E-state index in [0.717, 1.165) is 6.42 Å². The Hall–Kier alpha value is -0.990. The van der Waals surface area contributed by atoms with Gasteiger partial charge in [-0.1, -0.05) is 13.8 Å². The van der Waals surface area contributed by atoms with E-state index < -0.39 is 11.6 Å². The van der Waals surface area contributed by atoms with Gasteiger partial charge in [0.15, 0.2) is 0 Å². The fourth-order valence-electron chi connectivity index (χ4n) is 1.42. The average molecular weight is 170 g/mol. The molecule has 1 unspecified atom stereocenters. The first-order valence-electron chi connectivity index (χ1n) is 4.16. The molecular weight excluding hydrogens is 156 g/mol. The van der Waals surface area contributed by atoms with Gasteiger partial charge in [0.25, 0.3) is 0 Å². The molecule has 1 aliphatic rings. The first kappa shape index (κ1) is 9.10. The third-order valence-corrected chi connectivity index (χ3v) is 2.35. The number of ether oxygens (including phenoxy) is 1. The van der Waals surface area contributed by atoms with Crippen molar-refractivity contribution in [2.45, 2.75) is 32.3 Å². The highest BCUT2D eigenvalue weighted by atomic mass is 16.5. The first-order valence-corrected chi connectivity index (χ1v) is 4.16. The number of hydrogen-bond donors (Lipinski definition) is 1. The standard InChI is InChI=1S/C9H14O3/c1-7(2)9(8(10)11)5-3-4-6-12-9/h4,6-7H,3,5H2,1-2H3,(H,10,11). The van der Waals surface area contributed by atoms with Gasteiger partial charge in [-0.15, -0.1) is 0 Å². The van der Waals surface area contributed by atoms with Gasteiger partial charge < -0.3 is 9.84 Å². The number of carboxylic acid groups (broad SMARTS) is 1. The highest BCUT2D eigenvalue weighted by Gasteiger charge is 2.43. The van der Waals surface area contributed by atoms with Crippen LogP contribution in [0.2, 0.25) is 0 Å². The zero-order valence-corrected chi connectivity index (χ0v) is 7.41. The van der Waals surface area contributed by atoms with Crippen molar-refractivity contribution in [1.29, 1.82) is 0 Å². The van der Waals surface area contributed by atoms with Crippen LogP contribution in [-0.2, 0) is 9.53 Å². The highest BCUT2D eigenvalue weighted by molar-refractivity contribution is 5.78. The molecule has 0 saturated carbocycles. The maximum atomic E-state index is 11.0.